The predicted octanol–water partition coefficient (Wildman–Crippen LogP) is 5.49. The number of thiophene rings is 1. The Labute approximate surface area is 178 Å². The van der Waals surface area contributed by atoms with Crippen LogP contribution in [0, 0.1) is 13.8 Å². The SMILES string of the molecule is COC(=O)c1c(NC(=O)COc2ccc(Cl)cc2C)sc(C)c1-c1ccccc1. The lowest BCUT2D eigenvalue weighted by Crippen LogP contribution is -2.21. The van der Waals surface area contributed by atoms with Crippen molar-refractivity contribution >= 4 is 39.8 Å². The van der Waals surface area contributed by atoms with Gasteiger partial charge in [0.25, 0.3) is 5.91 Å². The Bertz CT molecular complexity index is 1050. The van der Waals surface area contributed by atoms with Crippen LogP contribution >= 0.6 is 22.9 Å². The molecule has 1 amide bonds. The Morgan fingerprint density at radius 3 is 2.48 bits per heavy atom. The Balaban J connectivity index is 1.83. The molecule has 0 spiro atoms. The lowest BCUT2D eigenvalue weighted by atomic mass is 10.0. The smallest absolute Gasteiger partial charge is 0.341 e. The zero-order valence-corrected chi connectivity index (χ0v) is 17.8. The number of aryl methyl sites for hydroxylation is 2. The number of hydrogen-bond donors (Lipinski definition) is 1. The molecule has 29 heavy (non-hydrogen) atoms. The molecule has 1 heterocycles. The molecule has 3 rings (SSSR count). The molecule has 5 nitrogen and oxygen atoms in total. The number of halogens is 1. The molecule has 3 aromatic rings. The highest BCUT2D eigenvalue weighted by molar-refractivity contribution is 7.17. The summed E-state index contributed by atoms with van der Waals surface area (Å²) in [4.78, 5) is 25.8. The first kappa shape index (κ1) is 20.9. The molecule has 7 heteroatoms. The second kappa shape index (κ2) is 9.11. The van der Waals surface area contributed by atoms with Gasteiger partial charge in [-0.1, -0.05) is 41.9 Å². The maximum Gasteiger partial charge on any atom is 0.341 e. The van der Waals surface area contributed by atoms with Gasteiger partial charge < -0.3 is 14.8 Å². The van der Waals surface area contributed by atoms with Gasteiger partial charge in [-0.25, -0.2) is 4.79 Å². The molecular formula is C22H20ClNO4S. The normalized spacial score (nSPS) is 10.5. The van der Waals surface area contributed by atoms with E-state index in [0.717, 1.165) is 21.6 Å². The molecule has 0 aliphatic carbocycles. The lowest BCUT2D eigenvalue weighted by molar-refractivity contribution is -0.118. The Kier molecular flexibility index (Phi) is 6.56. The van der Waals surface area contributed by atoms with E-state index >= 15 is 0 Å². The number of nitrogens with one attached hydrogen (secondary N) is 1. The highest BCUT2D eigenvalue weighted by Crippen LogP contribution is 2.40. The van der Waals surface area contributed by atoms with Crippen LogP contribution in [0.1, 0.15) is 20.8 Å². The third-order valence-corrected chi connectivity index (χ3v) is 5.54. The standard InChI is InChI=1S/C22H20ClNO4S/c1-13-11-16(23)9-10-17(13)28-12-18(25)24-21-20(22(26)27-3)19(14(2)29-21)15-7-5-4-6-8-15/h4-11H,12H2,1-3H3,(H,24,25). The molecule has 0 saturated carbocycles. The number of esters is 1. The minimum absolute atomic E-state index is 0.194. The van der Waals surface area contributed by atoms with Crippen LogP contribution in [0.3, 0.4) is 0 Å². The number of carbonyl (C=O) groups is 2. The molecule has 1 aromatic heterocycles. The lowest BCUT2D eigenvalue weighted by Gasteiger charge is -2.10. The van der Waals surface area contributed by atoms with E-state index in [2.05, 4.69) is 5.32 Å². The summed E-state index contributed by atoms with van der Waals surface area (Å²) in [5, 5.41) is 3.83. The Morgan fingerprint density at radius 2 is 1.83 bits per heavy atom. The average molecular weight is 430 g/mol. The Morgan fingerprint density at radius 1 is 1.10 bits per heavy atom. The summed E-state index contributed by atoms with van der Waals surface area (Å²) in [6, 6.07) is 14.7. The van der Waals surface area contributed by atoms with Gasteiger partial charge in [-0.05, 0) is 43.2 Å². The molecule has 0 saturated heterocycles. The third-order valence-electron chi connectivity index (χ3n) is 4.28. The molecule has 1 N–H and O–H groups in total. The van der Waals surface area contributed by atoms with E-state index in [0.29, 0.717) is 21.3 Å². The van der Waals surface area contributed by atoms with Crippen LogP contribution in [0.2, 0.25) is 5.02 Å². The molecule has 0 fully saturated rings. The average Bonchev–Trinajstić information content (AvgIpc) is 3.02. The summed E-state index contributed by atoms with van der Waals surface area (Å²) in [6.07, 6.45) is 0. The molecule has 150 valence electrons. The van der Waals surface area contributed by atoms with Crippen molar-refractivity contribution in [1.82, 2.24) is 0 Å². The van der Waals surface area contributed by atoms with Crippen LogP contribution in [0.4, 0.5) is 5.00 Å². The zero-order chi connectivity index (χ0) is 21.0. The molecule has 0 radical (unpaired) electrons. The second-order valence-electron chi connectivity index (χ2n) is 6.34. The molecular weight excluding hydrogens is 410 g/mol. The van der Waals surface area contributed by atoms with Crippen LogP contribution in [0.25, 0.3) is 11.1 Å². The number of amides is 1. The van der Waals surface area contributed by atoms with E-state index in [1.165, 1.54) is 18.4 Å². The van der Waals surface area contributed by atoms with Crippen LogP contribution in [-0.4, -0.2) is 25.6 Å². The third kappa shape index (κ3) is 4.78. The van der Waals surface area contributed by atoms with Gasteiger partial charge in [0.15, 0.2) is 6.61 Å². The number of ether oxygens (including phenoxy) is 2. The van der Waals surface area contributed by atoms with Gasteiger partial charge in [-0.3, -0.25) is 4.79 Å². The van der Waals surface area contributed by atoms with Crippen LogP contribution in [0.15, 0.2) is 48.5 Å². The van der Waals surface area contributed by atoms with Gasteiger partial charge in [-0.2, -0.15) is 0 Å². The molecule has 0 unspecified atom stereocenters. The van der Waals surface area contributed by atoms with E-state index in [9.17, 15) is 9.59 Å². The summed E-state index contributed by atoms with van der Waals surface area (Å²) in [5.74, 6) is -0.298. The van der Waals surface area contributed by atoms with Gasteiger partial charge in [0.2, 0.25) is 0 Å². The van der Waals surface area contributed by atoms with Crippen molar-refractivity contribution in [3.05, 3.63) is 69.6 Å². The van der Waals surface area contributed by atoms with Crippen molar-refractivity contribution in [2.75, 3.05) is 19.0 Å². The fourth-order valence-electron chi connectivity index (χ4n) is 2.96. The van der Waals surface area contributed by atoms with E-state index < -0.39 is 5.97 Å². The number of carbonyl (C=O) groups excluding carboxylic acids is 2. The summed E-state index contributed by atoms with van der Waals surface area (Å²) >= 11 is 7.27. The van der Waals surface area contributed by atoms with Crippen LogP contribution < -0.4 is 10.1 Å². The molecule has 2 aromatic carbocycles. The molecule has 0 atom stereocenters. The molecule has 0 bridgehead atoms. The van der Waals surface area contributed by atoms with Crippen molar-refractivity contribution in [3.8, 4) is 16.9 Å². The number of rotatable bonds is 6. The number of hydrogen-bond acceptors (Lipinski definition) is 5. The monoisotopic (exact) mass is 429 g/mol. The number of benzene rings is 2. The topological polar surface area (TPSA) is 64.6 Å². The predicted molar refractivity (Wildman–Crippen MR) is 116 cm³/mol. The minimum Gasteiger partial charge on any atom is -0.483 e. The molecule has 0 aliphatic rings. The van der Waals surface area contributed by atoms with Crippen molar-refractivity contribution in [3.63, 3.8) is 0 Å². The van der Waals surface area contributed by atoms with E-state index in [4.69, 9.17) is 21.1 Å². The van der Waals surface area contributed by atoms with Crippen molar-refractivity contribution < 1.29 is 19.1 Å². The zero-order valence-electron chi connectivity index (χ0n) is 16.2. The van der Waals surface area contributed by atoms with Gasteiger partial charge >= 0.3 is 5.97 Å². The van der Waals surface area contributed by atoms with E-state index in [1.54, 1.807) is 18.2 Å². The highest BCUT2D eigenvalue weighted by Gasteiger charge is 2.25. The molecule has 0 aliphatic heterocycles. The first-order valence-electron chi connectivity index (χ1n) is 8.86. The quantitative estimate of drug-likeness (QED) is 0.526. The van der Waals surface area contributed by atoms with Gasteiger partial charge in [-0.15, -0.1) is 11.3 Å². The van der Waals surface area contributed by atoms with E-state index in [1.807, 2.05) is 44.2 Å². The summed E-state index contributed by atoms with van der Waals surface area (Å²) in [6.45, 7) is 3.56. The largest absolute Gasteiger partial charge is 0.483 e. The first-order chi connectivity index (χ1) is 13.9. The second-order valence-corrected chi connectivity index (χ2v) is 8.00. The van der Waals surface area contributed by atoms with Gasteiger partial charge in [0.05, 0.1) is 7.11 Å². The maximum absolute atomic E-state index is 12.5. The van der Waals surface area contributed by atoms with Gasteiger partial charge in [0.1, 0.15) is 16.3 Å². The first-order valence-corrected chi connectivity index (χ1v) is 10.1. The maximum atomic E-state index is 12.5. The summed E-state index contributed by atoms with van der Waals surface area (Å²) in [5.41, 5.74) is 2.82. The highest BCUT2D eigenvalue weighted by atomic mass is 35.5. The van der Waals surface area contributed by atoms with Crippen LogP contribution in [0.5, 0.6) is 5.75 Å². The summed E-state index contributed by atoms with van der Waals surface area (Å²) in [7, 11) is 1.32. The number of methoxy groups -OCH3 is 1. The van der Waals surface area contributed by atoms with E-state index in [-0.39, 0.29) is 12.5 Å². The summed E-state index contributed by atoms with van der Waals surface area (Å²) < 4.78 is 10.6. The Hall–Kier alpha value is -2.83. The van der Waals surface area contributed by atoms with Crippen molar-refractivity contribution in [1.29, 1.82) is 0 Å². The van der Waals surface area contributed by atoms with Crippen LogP contribution in [-0.2, 0) is 9.53 Å². The fraction of sp³-hybridized carbons (Fsp3) is 0.182. The van der Waals surface area contributed by atoms with Crippen molar-refractivity contribution in [2.45, 2.75) is 13.8 Å². The number of anilines is 1. The minimum atomic E-state index is -0.502. The van der Waals surface area contributed by atoms with Crippen molar-refractivity contribution in [2.24, 2.45) is 0 Å². The fourth-order valence-corrected chi connectivity index (χ4v) is 4.27. The van der Waals surface area contributed by atoms with Gasteiger partial charge in [0, 0.05) is 15.5 Å².